The summed E-state index contributed by atoms with van der Waals surface area (Å²) in [5, 5.41) is 17.7. The predicted octanol–water partition coefficient (Wildman–Crippen LogP) is 4.62. The van der Waals surface area contributed by atoms with E-state index in [2.05, 4.69) is 26.5 Å². The lowest BCUT2D eigenvalue weighted by atomic mass is 9.57. The van der Waals surface area contributed by atoms with Crippen LogP contribution in [0.1, 0.15) is 56.7 Å². The Morgan fingerprint density at radius 1 is 1.06 bits per heavy atom. The van der Waals surface area contributed by atoms with Crippen LogP contribution in [0.3, 0.4) is 0 Å². The zero-order valence-electron chi connectivity index (χ0n) is 17.6. The van der Waals surface area contributed by atoms with E-state index in [1.54, 1.807) is 0 Å². The fourth-order valence-corrected chi connectivity index (χ4v) is 5.73. The molecule has 4 aliphatic rings. The average molecular weight is 440 g/mol. The van der Waals surface area contributed by atoms with Gasteiger partial charge in [0.25, 0.3) is 0 Å². The molecule has 0 radical (unpaired) electrons. The lowest BCUT2D eigenvalue weighted by molar-refractivity contribution is 0.0966. The third-order valence-corrected chi connectivity index (χ3v) is 7.60. The molecule has 0 unspecified atom stereocenters. The van der Waals surface area contributed by atoms with Gasteiger partial charge in [-0.15, -0.1) is 15.3 Å². The van der Waals surface area contributed by atoms with Gasteiger partial charge in [0.1, 0.15) is 0 Å². The zero-order chi connectivity index (χ0) is 21.1. The lowest BCUT2D eigenvalue weighted by Crippen LogP contribution is -2.52. The number of halogens is 1. The molecular formula is C22H26ClN7O. The molecule has 3 fully saturated rings. The van der Waals surface area contributed by atoms with E-state index in [9.17, 15) is 0 Å². The van der Waals surface area contributed by atoms with Gasteiger partial charge in [-0.05, 0) is 63.1 Å². The average Bonchev–Trinajstić information content (AvgIpc) is 3.40. The molecular weight excluding hydrogens is 414 g/mol. The van der Waals surface area contributed by atoms with E-state index >= 15 is 0 Å². The smallest absolute Gasteiger partial charge is 0.244 e. The van der Waals surface area contributed by atoms with Crippen LogP contribution in [0.2, 0.25) is 5.02 Å². The van der Waals surface area contributed by atoms with Crippen molar-refractivity contribution in [2.75, 3.05) is 16.8 Å². The summed E-state index contributed by atoms with van der Waals surface area (Å²) in [6.45, 7) is 3.66. The van der Waals surface area contributed by atoms with Crippen molar-refractivity contribution in [2.24, 2.45) is 0 Å². The molecule has 0 saturated heterocycles. The van der Waals surface area contributed by atoms with Gasteiger partial charge in [-0.3, -0.25) is 0 Å². The van der Waals surface area contributed by atoms with E-state index in [0.29, 0.717) is 5.89 Å². The van der Waals surface area contributed by atoms with Crippen molar-refractivity contribution >= 4 is 29.2 Å². The largest absolute Gasteiger partial charge is 0.425 e. The van der Waals surface area contributed by atoms with Crippen molar-refractivity contribution in [3.63, 3.8) is 0 Å². The quantitative estimate of drug-likeness (QED) is 0.634. The van der Waals surface area contributed by atoms with Gasteiger partial charge < -0.3 is 14.6 Å². The number of fused-ring (bicyclic) bond motifs is 4. The molecule has 2 bridgehead atoms. The molecule has 9 heteroatoms. The SMILES string of the molecule is Cc1nnc(C23CCC(Nc4nc5n(n4)CCCN5c4cccc(Cl)c4)(CC2)CC3)o1. The molecule has 1 aliphatic heterocycles. The first-order valence-corrected chi connectivity index (χ1v) is 11.5. The van der Waals surface area contributed by atoms with E-state index in [1.165, 1.54) is 0 Å². The fourth-order valence-electron chi connectivity index (χ4n) is 5.55. The summed E-state index contributed by atoms with van der Waals surface area (Å²) in [5.41, 5.74) is 1.16. The Balaban J connectivity index is 1.22. The number of benzene rings is 1. The Morgan fingerprint density at radius 2 is 1.87 bits per heavy atom. The number of nitrogens with zero attached hydrogens (tertiary/aromatic N) is 6. The van der Waals surface area contributed by atoms with E-state index in [-0.39, 0.29) is 11.0 Å². The molecule has 0 amide bonds. The minimum Gasteiger partial charge on any atom is -0.425 e. The molecule has 162 valence electrons. The summed E-state index contributed by atoms with van der Waals surface area (Å²) in [5.74, 6) is 3.09. The van der Waals surface area contributed by atoms with E-state index in [4.69, 9.17) is 26.1 Å². The summed E-state index contributed by atoms with van der Waals surface area (Å²) in [4.78, 5) is 7.11. The summed E-state index contributed by atoms with van der Waals surface area (Å²) in [6.07, 6.45) is 7.40. The van der Waals surface area contributed by atoms with Crippen LogP contribution >= 0.6 is 11.6 Å². The van der Waals surface area contributed by atoms with Gasteiger partial charge in [-0.25, -0.2) is 4.68 Å². The summed E-state index contributed by atoms with van der Waals surface area (Å²) in [7, 11) is 0. The molecule has 3 saturated carbocycles. The van der Waals surface area contributed by atoms with Gasteiger partial charge in [-0.2, -0.15) is 4.98 Å². The van der Waals surface area contributed by atoms with E-state index in [0.717, 1.165) is 86.5 Å². The van der Waals surface area contributed by atoms with Crippen molar-refractivity contribution in [1.82, 2.24) is 25.0 Å². The van der Waals surface area contributed by atoms with Crippen molar-refractivity contribution in [3.8, 4) is 0 Å². The van der Waals surface area contributed by atoms with E-state index < -0.39 is 0 Å². The highest BCUT2D eigenvalue weighted by Gasteiger charge is 2.52. The van der Waals surface area contributed by atoms with Crippen molar-refractivity contribution in [2.45, 2.75) is 69.4 Å². The summed E-state index contributed by atoms with van der Waals surface area (Å²) < 4.78 is 7.84. The second-order valence-corrected chi connectivity index (χ2v) is 9.69. The molecule has 31 heavy (non-hydrogen) atoms. The lowest BCUT2D eigenvalue weighted by Gasteiger charge is -2.51. The monoisotopic (exact) mass is 439 g/mol. The molecule has 3 heterocycles. The number of nitrogens with one attached hydrogen (secondary N) is 1. The zero-order valence-corrected chi connectivity index (χ0v) is 18.4. The Hall–Kier alpha value is -2.61. The number of rotatable bonds is 4. The molecule has 7 rings (SSSR count). The van der Waals surface area contributed by atoms with Crippen molar-refractivity contribution < 1.29 is 4.42 Å². The van der Waals surface area contributed by atoms with Gasteiger partial charge in [0.05, 0.1) is 0 Å². The highest BCUT2D eigenvalue weighted by molar-refractivity contribution is 6.30. The minimum atomic E-state index is 0.0505. The van der Waals surface area contributed by atoms with Crippen LogP contribution in [0, 0.1) is 6.92 Å². The van der Waals surface area contributed by atoms with Crippen LogP contribution in [0.15, 0.2) is 28.7 Å². The first kappa shape index (κ1) is 19.1. The number of aromatic nitrogens is 5. The number of anilines is 3. The molecule has 8 nitrogen and oxygen atoms in total. The summed E-state index contributed by atoms with van der Waals surface area (Å²) in [6, 6.07) is 7.93. The predicted molar refractivity (Wildman–Crippen MR) is 118 cm³/mol. The number of hydrogen-bond donors (Lipinski definition) is 1. The first-order chi connectivity index (χ1) is 15.0. The van der Waals surface area contributed by atoms with Gasteiger partial charge in [0, 0.05) is 41.7 Å². The van der Waals surface area contributed by atoms with Crippen LogP contribution < -0.4 is 10.2 Å². The maximum Gasteiger partial charge on any atom is 0.244 e. The van der Waals surface area contributed by atoms with Crippen LogP contribution in [0.4, 0.5) is 17.6 Å². The third-order valence-electron chi connectivity index (χ3n) is 7.37. The standard InChI is InChI=1S/C22H26ClN7O/c1-15-26-27-18(31-15)21-6-9-22(10-7-21,11-8-21)25-19-24-20-29(12-3-13-30(20)28-19)17-5-2-4-16(23)14-17/h2,4-5,14H,3,6-13H2,1H3,(H,25,28). The molecule has 0 atom stereocenters. The maximum absolute atomic E-state index is 6.23. The van der Waals surface area contributed by atoms with Gasteiger partial charge in [0.15, 0.2) is 0 Å². The van der Waals surface area contributed by atoms with Gasteiger partial charge in [0.2, 0.25) is 23.7 Å². The summed E-state index contributed by atoms with van der Waals surface area (Å²) >= 11 is 6.23. The second kappa shape index (κ2) is 6.95. The first-order valence-electron chi connectivity index (χ1n) is 11.1. The molecule has 0 spiro atoms. The normalized spacial score (nSPS) is 27.4. The van der Waals surface area contributed by atoms with Crippen LogP contribution in [-0.2, 0) is 12.0 Å². The van der Waals surface area contributed by atoms with E-state index in [1.807, 2.05) is 29.8 Å². The molecule has 3 aliphatic carbocycles. The highest BCUT2D eigenvalue weighted by Crippen LogP contribution is 2.54. The topological polar surface area (TPSA) is 84.9 Å². The van der Waals surface area contributed by atoms with Gasteiger partial charge in [-0.1, -0.05) is 17.7 Å². The van der Waals surface area contributed by atoms with Crippen LogP contribution in [-0.4, -0.2) is 37.0 Å². The molecule has 3 aromatic rings. The van der Waals surface area contributed by atoms with Gasteiger partial charge >= 0.3 is 0 Å². The Kier molecular flexibility index (Phi) is 4.28. The van der Waals surface area contributed by atoms with Crippen LogP contribution in [0.5, 0.6) is 0 Å². The highest BCUT2D eigenvalue weighted by atomic mass is 35.5. The van der Waals surface area contributed by atoms with Crippen LogP contribution in [0.25, 0.3) is 0 Å². The second-order valence-electron chi connectivity index (χ2n) is 9.26. The minimum absolute atomic E-state index is 0.0505. The Morgan fingerprint density at radius 3 is 2.58 bits per heavy atom. The Bertz CT molecular complexity index is 1100. The molecule has 2 aromatic heterocycles. The molecule has 1 N–H and O–H groups in total. The maximum atomic E-state index is 6.23. The van der Waals surface area contributed by atoms with Crippen molar-refractivity contribution in [3.05, 3.63) is 41.1 Å². The third kappa shape index (κ3) is 3.19. The fraction of sp³-hybridized carbons (Fsp3) is 0.545. The number of hydrogen-bond acceptors (Lipinski definition) is 7. The Labute approximate surface area is 186 Å². The molecule has 1 aromatic carbocycles. The number of aryl methyl sites for hydroxylation is 2. The van der Waals surface area contributed by atoms with Crippen molar-refractivity contribution in [1.29, 1.82) is 0 Å².